The van der Waals surface area contributed by atoms with Gasteiger partial charge in [-0.25, -0.2) is 8.42 Å². The number of aliphatic carboxylic acids is 1. The Kier molecular flexibility index (Phi) is 5.97. The number of rotatable bonds is 6. The number of carboxylic acid groups (broad SMARTS) is 1. The van der Waals surface area contributed by atoms with Gasteiger partial charge in [0.1, 0.15) is 18.4 Å². The molecule has 29 heavy (non-hydrogen) atoms. The van der Waals surface area contributed by atoms with Crippen LogP contribution >= 0.6 is 0 Å². The molecule has 156 valence electrons. The van der Waals surface area contributed by atoms with Crippen molar-refractivity contribution < 1.29 is 23.1 Å². The predicted octanol–water partition coefficient (Wildman–Crippen LogP) is 2.40. The second-order valence-corrected chi connectivity index (χ2v) is 9.58. The Morgan fingerprint density at radius 2 is 1.86 bits per heavy atom. The second kappa shape index (κ2) is 8.14. The van der Waals surface area contributed by atoms with E-state index in [0.29, 0.717) is 18.9 Å². The molecule has 0 aromatic heterocycles. The number of ether oxygens (including phenoxy) is 1. The Morgan fingerprint density at radius 1 is 1.21 bits per heavy atom. The van der Waals surface area contributed by atoms with Crippen LogP contribution in [0.3, 0.4) is 0 Å². The van der Waals surface area contributed by atoms with Crippen LogP contribution in [-0.4, -0.2) is 48.5 Å². The summed E-state index contributed by atoms with van der Waals surface area (Å²) in [5, 5.41) is 12.7. The van der Waals surface area contributed by atoms with Crippen LogP contribution in [0, 0.1) is 6.92 Å². The van der Waals surface area contributed by atoms with Gasteiger partial charge in [0.25, 0.3) is 0 Å². The van der Waals surface area contributed by atoms with E-state index in [9.17, 15) is 18.3 Å². The van der Waals surface area contributed by atoms with Crippen molar-refractivity contribution >= 4 is 16.0 Å². The minimum atomic E-state index is -3.96. The summed E-state index contributed by atoms with van der Waals surface area (Å²) in [5.41, 5.74) is 1.29. The lowest BCUT2D eigenvalue weighted by molar-refractivity contribution is -0.145. The number of carboxylic acids is 1. The van der Waals surface area contributed by atoms with E-state index in [0.717, 1.165) is 15.4 Å². The Hall–Kier alpha value is -2.42. The van der Waals surface area contributed by atoms with Crippen LogP contribution < -0.4 is 10.1 Å². The number of hydrogen-bond acceptors (Lipinski definition) is 5. The molecule has 1 aliphatic heterocycles. The first-order valence-electron chi connectivity index (χ1n) is 9.40. The van der Waals surface area contributed by atoms with E-state index < -0.39 is 27.6 Å². The average molecular weight is 419 g/mol. The zero-order valence-corrected chi connectivity index (χ0v) is 17.6. The van der Waals surface area contributed by atoms with Gasteiger partial charge < -0.3 is 15.2 Å². The van der Waals surface area contributed by atoms with E-state index in [2.05, 4.69) is 5.32 Å². The summed E-state index contributed by atoms with van der Waals surface area (Å²) in [6.07, 6.45) is 0. The Balaban J connectivity index is 1.79. The Bertz CT molecular complexity index is 986. The van der Waals surface area contributed by atoms with Crippen molar-refractivity contribution in [2.45, 2.75) is 43.9 Å². The molecule has 0 spiro atoms. The summed E-state index contributed by atoms with van der Waals surface area (Å²) in [7, 11) is -3.96. The molecule has 8 heteroatoms. The van der Waals surface area contributed by atoms with Gasteiger partial charge >= 0.3 is 5.97 Å². The van der Waals surface area contributed by atoms with E-state index in [4.69, 9.17) is 4.74 Å². The molecule has 1 aliphatic rings. The maximum Gasteiger partial charge on any atom is 0.323 e. The number of sulfonamides is 1. The zero-order valence-electron chi connectivity index (χ0n) is 16.8. The molecular weight excluding hydrogens is 392 g/mol. The molecule has 3 rings (SSSR count). The highest BCUT2D eigenvalue weighted by Crippen LogP contribution is 2.28. The van der Waals surface area contributed by atoms with Crippen molar-refractivity contribution in [3.05, 3.63) is 59.7 Å². The van der Waals surface area contributed by atoms with Crippen LogP contribution in [0.2, 0.25) is 0 Å². The van der Waals surface area contributed by atoms with Gasteiger partial charge in [-0.05, 0) is 56.2 Å². The largest absolute Gasteiger partial charge is 0.489 e. The van der Waals surface area contributed by atoms with Gasteiger partial charge in [-0.3, -0.25) is 4.79 Å². The first-order chi connectivity index (χ1) is 13.6. The smallest absolute Gasteiger partial charge is 0.323 e. The summed E-state index contributed by atoms with van der Waals surface area (Å²) >= 11 is 0. The molecule has 7 nitrogen and oxygen atoms in total. The van der Waals surface area contributed by atoms with Crippen LogP contribution in [0.15, 0.2) is 53.4 Å². The highest BCUT2D eigenvalue weighted by atomic mass is 32.2. The minimum Gasteiger partial charge on any atom is -0.489 e. The topological polar surface area (TPSA) is 95.9 Å². The van der Waals surface area contributed by atoms with Crippen molar-refractivity contribution in [2.75, 3.05) is 13.1 Å². The quantitative estimate of drug-likeness (QED) is 0.748. The molecule has 0 bridgehead atoms. The zero-order chi connectivity index (χ0) is 21.2. The van der Waals surface area contributed by atoms with Crippen molar-refractivity contribution in [1.82, 2.24) is 9.62 Å². The summed E-state index contributed by atoms with van der Waals surface area (Å²) < 4.78 is 33.1. The van der Waals surface area contributed by atoms with Crippen molar-refractivity contribution in [1.29, 1.82) is 0 Å². The minimum absolute atomic E-state index is 0.0460. The number of nitrogens with one attached hydrogen (secondary N) is 1. The highest BCUT2D eigenvalue weighted by Gasteiger charge is 2.47. The van der Waals surface area contributed by atoms with Crippen molar-refractivity contribution in [3.63, 3.8) is 0 Å². The number of piperazine rings is 1. The molecule has 0 amide bonds. The van der Waals surface area contributed by atoms with Gasteiger partial charge in [-0.1, -0.05) is 24.3 Å². The summed E-state index contributed by atoms with van der Waals surface area (Å²) in [6, 6.07) is 12.8. The van der Waals surface area contributed by atoms with Crippen LogP contribution in [0.1, 0.15) is 25.0 Å². The fourth-order valence-corrected chi connectivity index (χ4v) is 5.25. The molecule has 0 aliphatic carbocycles. The van der Waals surface area contributed by atoms with Crippen molar-refractivity contribution in [3.8, 4) is 5.75 Å². The third-order valence-electron chi connectivity index (χ3n) is 5.20. The van der Waals surface area contributed by atoms with Crippen molar-refractivity contribution in [2.24, 2.45) is 0 Å². The fourth-order valence-electron chi connectivity index (χ4n) is 3.54. The fraction of sp³-hybridized carbons (Fsp3) is 0.381. The van der Waals surface area contributed by atoms with Crippen LogP contribution in [0.25, 0.3) is 0 Å². The molecule has 1 heterocycles. The van der Waals surface area contributed by atoms with Crippen LogP contribution in [-0.2, 0) is 21.4 Å². The average Bonchev–Trinajstić information content (AvgIpc) is 2.66. The van der Waals surface area contributed by atoms with E-state index >= 15 is 0 Å². The first-order valence-corrected chi connectivity index (χ1v) is 10.8. The lowest BCUT2D eigenvalue weighted by Gasteiger charge is -2.43. The van der Waals surface area contributed by atoms with E-state index in [1.54, 1.807) is 26.0 Å². The predicted molar refractivity (Wildman–Crippen MR) is 109 cm³/mol. The van der Waals surface area contributed by atoms with Gasteiger partial charge in [-0.15, -0.1) is 0 Å². The van der Waals surface area contributed by atoms with E-state index in [1.165, 1.54) is 12.1 Å². The monoisotopic (exact) mass is 418 g/mol. The SMILES string of the molecule is Cc1ccccc1COc1ccc(S(=O)(=O)N2CCNC(C)(C)C2C(=O)O)cc1. The van der Waals surface area contributed by atoms with E-state index in [-0.39, 0.29) is 11.4 Å². The summed E-state index contributed by atoms with van der Waals surface area (Å²) in [4.78, 5) is 11.8. The lowest BCUT2D eigenvalue weighted by atomic mass is 9.92. The summed E-state index contributed by atoms with van der Waals surface area (Å²) in [5.74, 6) is -0.633. The number of carbonyl (C=O) groups is 1. The Labute approximate surface area is 171 Å². The third kappa shape index (κ3) is 4.44. The van der Waals surface area contributed by atoms with E-state index in [1.807, 2.05) is 31.2 Å². The molecule has 1 fully saturated rings. The molecule has 0 saturated carbocycles. The standard InChI is InChI=1S/C21H26N2O5S/c1-15-6-4-5-7-16(15)14-28-17-8-10-18(11-9-17)29(26,27)23-13-12-22-21(2,3)19(23)20(24)25/h4-11,19,22H,12-14H2,1-3H3,(H,24,25). The maximum absolute atomic E-state index is 13.1. The maximum atomic E-state index is 13.1. The number of benzene rings is 2. The molecule has 1 atom stereocenters. The van der Waals surface area contributed by atoms with Gasteiger partial charge in [0.2, 0.25) is 10.0 Å². The van der Waals surface area contributed by atoms with Gasteiger partial charge in [0.15, 0.2) is 0 Å². The molecule has 1 unspecified atom stereocenters. The normalized spacial score (nSPS) is 19.6. The summed E-state index contributed by atoms with van der Waals surface area (Å²) in [6.45, 7) is 6.24. The third-order valence-corrected chi connectivity index (χ3v) is 7.08. The van der Waals surface area contributed by atoms with Gasteiger partial charge in [0.05, 0.1) is 4.90 Å². The van der Waals surface area contributed by atoms with Gasteiger partial charge in [0, 0.05) is 18.6 Å². The van der Waals surface area contributed by atoms with Crippen LogP contribution in [0.5, 0.6) is 5.75 Å². The molecule has 0 radical (unpaired) electrons. The van der Waals surface area contributed by atoms with Crippen LogP contribution in [0.4, 0.5) is 0 Å². The first kappa shape index (κ1) is 21.3. The molecule has 2 N–H and O–H groups in total. The lowest BCUT2D eigenvalue weighted by Crippen LogP contribution is -2.67. The molecule has 2 aromatic rings. The number of nitrogens with zero attached hydrogens (tertiary/aromatic N) is 1. The highest BCUT2D eigenvalue weighted by molar-refractivity contribution is 7.89. The second-order valence-electron chi connectivity index (χ2n) is 7.69. The molecular formula is C21H26N2O5S. The molecule has 2 aromatic carbocycles. The number of aryl methyl sites for hydroxylation is 1. The number of hydrogen-bond donors (Lipinski definition) is 2. The molecule has 1 saturated heterocycles. The Morgan fingerprint density at radius 3 is 2.48 bits per heavy atom. The van der Waals surface area contributed by atoms with Gasteiger partial charge in [-0.2, -0.15) is 4.31 Å².